The molecule has 0 aromatic carbocycles. The Bertz CT molecular complexity index is 567. The van der Waals surface area contributed by atoms with Gasteiger partial charge >= 0.3 is 0 Å². The quantitative estimate of drug-likeness (QED) is 0.842. The number of nitrogens with zero attached hydrogens (tertiary/aromatic N) is 3. The van der Waals surface area contributed by atoms with Crippen LogP contribution in [0.3, 0.4) is 0 Å². The van der Waals surface area contributed by atoms with E-state index in [0.717, 1.165) is 12.2 Å². The average Bonchev–Trinajstić information content (AvgIpc) is 3.13. The molecule has 0 amide bonds. The summed E-state index contributed by atoms with van der Waals surface area (Å²) < 4.78 is 0. The normalized spacial score (nSPS) is 14.2. The molecule has 2 heterocycles. The van der Waals surface area contributed by atoms with E-state index in [9.17, 15) is 0 Å². The molecule has 0 N–H and O–H groups in total. The number of anilines is 1. The second kappa shape index (κ2) is 4.79. The van der Waals surface area contributed by atoms with Gasteiger partial charge < -0.3 is 4.90 Å². The van der Waals surface area contributed by atoms with E-state index in [1.807, 2.05) is 12.1 Å². The van der Waals surface area contributed by atoms with Crippen molar-refractivity contribution < 1.29 is 0 Å². The monoisotopic (exact) mass is 255 g/mol. The van der Waals surface area contributed by atoms with Crippen LogP contribution < -0.4 is 4.90 Å². The summed E-state index contributed by atoms with van der Waals surface area (Å²) in [6, 6.07) is 8.76. The van der Waals surface area contributed by atoms with Gasteiger partial charge in [-0.25, -0.2) is 4.98 Å². The maximum absolute atomic E-state index is 8.93. The summed E-state index contributed by atoms with van der Waals surface area (Å²) in [4.78, 5) is 6.41. The van der Waals surface area contributed by atoms with E-state index in [4.69, 9.17) is 5.26 Å². The summed E-state index contributed by atoms with van der Waals surface area (Å²) >= 11 is 1.73. The maximum Gasteiger partial charge on any atom is 0.142 e. The molecule has 0 unspecified atom stereocenters. The van der Waals surface area contributed by atoms with E-state index < -0.39 is 0 Å². The molecule has 1 aliphatic rings. The van der Waals surface area contributed by atoms with Crippen LogP contribution in [0.5, 0.6) is 0 Å². The molecule has 18 heavy (non-hydrogen) atoms. The van der Waals surface area contributed by atoms with Gasteiger partial charge in [-0.3, -0.25) is 0 Å². The molecule has 3 nitrogen and oxygen atoms in total. The van der Waals surface area contributed by atoms with Crippen LogP contribution in [0.1, 0.15) is 24.1 Å². The van der Waals surface area contributed by atoms with Crippen LogP contribution in [0.15, 0.2) is 35.2 Å². The first kappa shape index (κ1) is 11.2. The molecule has 0 radical (unpaired) electrons. The van der Waals surface area contributed by atoms with Crippen LogP contribution in [-0.4, -0.2) is 11.0 Å². The standard InChI is InChI=1S/C14H13N3S/c15-8-12-7-14(3-5-16-12)17(13-1-2-13)9-11-4-6-18-10-11/h3-7,10,13H,1-2,9H2. The van der Waals surface area contributed by atoms with E-state index in [2.05, 4.69) is 32.8 Å². The Kier molecular flexibility index (Phi) is 2.99. The second-order valence-electron chi connectivity index (χ2n) is 4.50. The molecular weight excluding hydrogens is 242 g/mol. The highest BCUT2D eigenvalue weighted by Crippen LogP contribution is 2.33. The summed E-state index contributed by atoms with van der Waals surface area (Å²) in [6.45, 7) is 0.920. The van der Waals surface area contributed by atoms with Crippen LogP contribution in [0.2, 0.25) is 0 Å². The van der Waals surface area contributed by atoms with Crippen molar-refractivity contribution in [2.24, 2.45) is 0 Å². The van der Waals surface area contributed by atoms with Crippen LogP contribution in [0, 0.1) is 11.3 Å². The zero-order valence-corrected chi connectivity index (χ0v) is 10.7. The lowest BCUT2D eigenvalue weighted by molar-refractivity contribution is 0.795. The van der Waals surface area contributed by atoms with Gasteiger partial charge in [-0.1, -0.05) is 0 Å². The Labute approximate surface area is 110 Å². The third-order valence-electron chi connectivity index (χ3n) is 3.11. The van der Waals surface area contributed by atoms with E-state index in [-0.39, 0.29) is 0 Å². The zero-order chi connectivity index (χ0) is 12.4. The molecule has 0 spiro atoms. The van der Waals surface area contributed by atoms with Gasteiger partial charge in [-0.15, -0.1) is 0 Å². The van der Waals surface area contributed by atoms with Crippen molar-refractivity contribution in [2.75, 3.05) is 4.90 Å². The van der Waals surface area contributed by atoms with Gasteiger partial charge in [-0.2, -0.15) is 16.6 Å². The number of hydrogen-bond donors (Lipinski definition) is 0. The minimum Gasteiger partial charge on any atom is -0.364 e. The molecule has 0 atom stereocenters. The number of hydrogen-bond acceptors (Lipinski definition) is 4. The number of thiophene rings is 1. The number of rotatable bonds is 4. The van der Waals surface area contributed by atoms with Crippen molar-refractivity contribution >= 4 is 17.0 Å². The minimum atomic E-state index is 0.489. The average molecular weight is 255 g/mol. The fraction of sp³-hybridized carbons (Fsp3) is 0.286. The van der Waals surface area contributed by atoms with Crippen molar-refractivity contribution in [1.82, 2.24) is 4.98 Å². The molecular formula is C14H13N3S. The fourth-order valence-corrected chi connectivity index (χ4v) is 2.72. The molecule has 0 aliphatic heterocycles. The van der Waals surface area contributed by atoms with Gasteiger partial charge in [-0.05, 0) is 47.4 Å². The van der Waals surface area contributed by atoms with E-state index >= 15 is 0 Å². The van der Waals surface area contributed by atoms with Gasteiger partial charge in [0.2, 0.25) is 0 Å². The van der Waals surface area contributed by atoms with Crippen LogP contribution in [0.4, 0.5) is 5.69 Å². The molecule has 3 rings (SSSR count). The van der Waals surface area contributed by atoms with Gasteiger partial charge in [0.1, 0.15) is 11.8 Å². The van der Waals surface area contributed by atoms with Crippen molar-refractivity contribution in [3.8, 4) is 6.07 Å². The molecule has 0 bridgehead atoms. The summed E-state index contributed by atoms with van der Waals surface area (Å²) in [5.74, 6) is 0. The minimum absolute atomic E-state index is 0.489. The van der Waals surface area contributed by atoms with Gasteiger partial charge in [0, 0.05) is 24.5 Å². The second-order valence-corrected chi connectivity index (χ2v) is 5.28. The van der Waals surface area contributed by atoms with Crippen molar-refractivity contribution in [3.63, 3.8) is 0 Å². The van der Waals surface area contributed by atoms with Gasteiger partial charge in [0.05, 0.1) is 0 Å². The van der Waals surface area contributed by atoms with Gasteiger partial charge in [0.25, 0.3) is 0 Å². The molecule has 0 saturated heterocycles. The smallest absolute Gasteiger partial charge is 0.142 e. The fourth-order valence-electron chi connectivity index (χ4n) is 2.06. The maximum atomic E-state index is 8.93. The Hall–Kier alpha value is -1.86. The van der Waals surface area contributed by atoms with Crippen LogP contribution in [0.25, 0.3) is 0 Å². The number of pyridine rings is 1. The highest BCUT2D eigenvalue weighted by molar-refractivity contribution is 7.07. The molecule has 1 fully saturated rings. The van der Waals surface area contributed by atoms with Gasteiger partial charge in [0.15, 0.2) is 0 Å². The highest BCUT2D eigenvalue weighted by Gasteiger charge is 2.29. The first-order valence-electron chi connectivity index (χ1n) is 6.00. The zero-order valence-electron chi connectivity index (χ0n) is 9.91. The molecule has 1 saturated carbocycles. The van der Waals surface area contributed by atoms with Crippen molar-refractivity contribution in [1.29, 1.82) is 5.26 Å². The number of nitriles is 1. The predicted molar refractivity (Wildman–Crippen MR) is 72.5 cm³/mol. The summed E-state index contributed by atoms with van der Waals surface area (Å²) in [5.41, 5.74) is 2.93. The van der Waals surface area contributed by atoms with Crippen molar-refractivity contribution in [2.45, 2.75) is 25.4 Å². The lowest BCUT2D eigenvalue weighted by Gasteiger charge is -2.24. The summed E-state index contributed by atoms with van der Waals surface area (Å²) in [5, 5.41) is 13.2. The lowest BCUT2D eigenvalue weighted by Crippen LogP contribution is -2.24. The highest BCUT2D eigenvalue weighted by atomic mass is 32.1. The lowest BCUT2D eigenvalue weighted by atomic mass is 10.2. The summed E-state index contributed by atoms with van der Waals surface area (Å²) in [7, 11) is 0. The predicted octanol–water partition coefficient (Wildman–Crippen LogP) is 3.18. The topological polar surface area (TPSA) is 39.9 Å². The van der Waals surface area contributed by atoms with Crippen molar-refractivity contribution in [3.05, 3.63) is 46.4 Å². The largest absolute Gasteiger partial charge is 0.364 e. The first-order valence-corrected chi connectivity index (χ1v) is 6.95. The first-order chi connectivity index (χ1) is 8.86. The van der Waals surface area contributed by atoms with E-state index in [1.165, 1.54) is 18.4 Å². The van der Waals surface area contributed by atoms with E-state index in [1.54, 1.807) is 17.5 Å². The Morgan fingerprint density at radius 1 is 1.44 bits per heavy atom. The Morgan fingerprint density at radius 2 is 2.33 bits per heavy atom. The molecule has 4 heteroatoms. The SMILES string of the molecule is N#Cc1cc(N(Cc2ccsc2)C2CC2)ccn1. The molecule has 2 aromatic rings. The molecule has 90 valence electrons. The summed E-state index contributed by atoms with van der Waals surface area (Å²) in [6.07, 6.45) is 4.21. The Balaban J connectivity index is 1.87. The third kappa shape index (κ3) is 2.36. The third-order valence-corrected chi connectivity index (χ3v) is 3.84. The number of aromatic nitrogens is 1. The molecule has 2 aromatic heterocycles. The Morgan fingerprint density at radius 3 is 3.00 bits per heavy atom. The molecule has 1 aliphatic carbocycles. The van der Waals surface area contributed by atoms with E-state index in [0.29, 0.717) is 11.7 Å². The van der Waals surface area contributed by atoms with Crippen LogP contribution in [-0.2, 0) is 6.54 Å². The van der Waals surface area contributed by atoms with Crippen LogP contribution >= 0.6 is 11.3 Å².